The van der Waals surface area contributed by atoms with Crippen LogP contribution in [0.15, 0.2) is 0 Å². The molecule has 2 aliphatic heterocycles. The highest BCUT2D eigenvalue weighted by Gasteiger charge is 2.33. The summed E-state index contributed by atoms with van der Waals surface area (Å²) in [6, 6.07) is 0.575. The molecule has 1 N–H and O–H groups in total. The average Bonchev–Trinajstić information content (AvgIpc) is 2.55. The molecule has 2 aliphatic rings. The number of morpholine rings is 1. The standard InChI is InChI=1S/C19H36N2O3/c1-4-8-19(23,9-5-2)14-18(22)20-10-6-17(7-11-20)21-12-13-24-16(3)15-21/h16-17,23H,4-15H2,1-3H3. The van der Waals surface area contributed by atoms with Gasteiger partial charge in [-0.3, -0.25) is 9.69 Å². The maximum absolute atomic E-state index is 12.6. The van der Waals surface area contributed by atoms with Crippen molar-refractivity contribution >= 4 is 5.91 Å². The molecular weight excluding hydrogens is 304 g/mol. The second-order valence-electron chi connectivity index (χ2n) is 7.69. The summed E-state index contributed by atoms with van der Waals surface area (Å²) in [4.78, 5) is 17.1. The van der Waals surface area contributed by atoms with E-state index in [2.05, 4.69) is 25.7 Å². The largest absolute Gasteiger partial charge is 0.389 e. The normalized spacial score (nSPS) is 24.3. The molecule has 5 nitrogen and oxygen atoms in total. The van der Waals surface area contributed by atoms with Crippen LogP contribution in [0, 0.1) is 0 Å². The van der Waals surface area contributed by atoms with Gasteiger partial charge in [0.2, 0.25) is 5.91 Å². The lowest BCUT2D eigenvalue weighted by molar-refractivity contribution is -0.139. The number of hydrogen-bond donors (Lipinski definition) is 1. The molecule has 0 aromatic carbocycles. The van der Waals surface area contributed by atoms with Crippen LogP contribution < -0.4 is 0 Å². The molecule has 0 bridgehead atoms. The average molecular weight is 341 g/mol. The molecule has 0 saturated carbocycles. The molecule has 24 heavy (non-hydrogen) atoms. The van der Waals surface area contributed by atoms with Crippen molar-refractivity contribution in [3.8, 4) is 0 Å². The third-order valence-corrected chi connectivity index (χ3v) is 5.52. The van der Waals surface area contributed by atoms with Crippen molar-refractivity contribution in [1.82, 2.24) is 9.80 Å². The minimum absolute atomic E-state index is 0.133. The van der Waals surface area contributed by atoms with Crippen molar-refractivity contribution in [2.24, 2.45) is 0 Å². The van der Waals surface area contributed by atoms with Gasteiger partial charge in [-0.25, -0.2) is 0 Å². The second kappa shape index (κ2) is 9.16. The van der Waals surface area contributed by atoms with E-state index in [9.17, 15) is 9.90 Å². The molecule has 0 aromatic heterocycles. The first-order chi connectivity index (χ1) is 11.5. The summed E-state index contributed by atoms with van der Waals surface area (Å²) in [5, 5.41) is 10.7. The van der Waals surface area contributed by atoms with Gasteiger partial charge in [0.05, 0.1) is 24.7 Å². The zero-order chi connectivity index (χ0) is 17.6. The Morgan fingerprint density at radius 3 is 2.33 bits per heavy atom. The molecule has 2 rings (SSSR count). The van der Waals surface area contributed by atoms with Crippen LogP contribution in [0.3, 0.4) is 0 Å². The van der Waals surface area contributed by atoms with E-state index < -0.39 is 5.60 Å². The Kier molecular flexibility index (Phi) is 7.51. The summed E-state index contributed by atoms with van der Waals surface area (Å²) >= 11 is 0. The first kappa shape index (κ1) is 19.7. The summed E-state index contributed by atoms with van der Waals surface area (Å²) < 4.78 is 5.62. The number of aliphatic hydroxyl groups is 1. The van der Waals surface area contributed by atoms with Gasteiger partial charge in [-0.05, 0) is 32.6 Å². The molecule has 2 fully saturated rings. The number of rotatable bonds is 7. The maximum atomic E-state index is 12.6. The molecular formula is C19H36N2O3. The van der Waals surface area contributed by atoms with Crippen molar-refractivity contribution in [2.75, 3.05) is 32.8 Å². The van der Waals surface area contributed by atoms with E-state index in [-0.39, 0.29) is 12.3 Å². The maximum Gasteiger partial charge on any atom is 0.225 e. The monoisotopic (exact) mass is 340 g/mol. The van der Waals surface area contributed by atoms with Crippen LogP contribution in [0.2, 0.25) is 0 Å². The molecule has 140 valence electrons. The second-order valence-corrected chi connectivity index (χ2v) is 7.69. The number of nitrogens with zero attached hydrogens (tertiary/aromatic N) is 2. The molecule has 2 heterocycles. The minimum Gasteiger partial charge on any atom is -0.389 e. The molecule has 1 atom stereocenters. The van der Waals surface area contributed by atoms with Crippen molar-refractivity contribution in [2.45, 2.75) is 83.5 Å². The lowest BCUT2D eigenvalue weighted by atomic mass is 9.88. The highest BCUT2D eigenvalue weighted by Crippen LogP contribution is 2.26. The zero-order valence-electron chi connectivity index (χ0n) is 15.8. The van der Waals surface area contributed by atoms with Crippen LogP contribution in [-0.4, -0.2) is 71.3 Å². The van der Waals surface area contributed by atoms with Crippen molar-refractivity contribution in [3.05, 3.63) is 0 Å². The SMILES string of the molecule is CCCC(O)(CCC)CC(=O)N1CCC(N2CCOC(C)C2)CC1. The number of carbonyl (C=O) groups excluding carboxylic acids is 1. The Labute approximate surface area is 147 Å². The summed E-state index contributed by atoms with van der Waals surface area (Å²) in [7, 11) is 0. The predicted molar refractivity (Wildman–Crippen MR) is 96.0 cm³/mol. The summed E-state index contributed by atoms with van der Waals surface area (Å²) in [6.07, 6.45) is 5.95. The fraction of sp³-hybridized carbons (Fsp3) is 0.947. The topological polar surface area (TPSA) is 53.0 Å². The lowest BCUT2D eigenvalue weighted by Gasteiger charge is -2.42. The van der Waals surface area contributed by atoms with Gasteiger partial charge < -0.3 is 14.7 Å². The molecule has 0 spiro atoms. The first-order valence-corrected chi connectivity index (χ1v) is 9.83. The lowest BCUT2D eigenvalue weighted by Crippen LogP contribution is -2.52. The van der Waals surface area contributed by atoms with Crippen LogP contribution in [0.1, 0.15) is 65.7 Å². The van der Waals surface area contributed by atoms with Crippen LogP contribution in [0.4, 0.5) is 0 Å². The van der Waals surface area contributed by atoms with Gasteiger partial charge in [0.1, 0.15) is 0 Å². The number of carbonyl (C=O) groups is 1. The van der Waals surface area contributed by atoms with Crippen molar-refractivity contribution < 1.29 is 14.6 Å². The molecule has 1 unspecified atom stereocenters. The number of likely N-dealkylation sites (tertiary alicyclic amines) is 1. The van der Waals surface area contributed by atoms with E-state index in [1.165, 1.54) is 0 Å². The van der Waals surface area contributed by atoms with E-state index in [1.807, 2.05) is 4.90 Å². The fourth-order valence-electron chi connectivity index (χ4n) is 4.28. The Morgan fingerprint density at radius 2 is 1.79 bits per heavy atom. The smallest absolute Gasteiger partial charge is 0.225 e. The molecule has 0 aliphatic carbocycles. The first-order valence-electron chi connectivity index (χ1n) is 9.83. The van der Waals surface area contributed by atoms with E-state index in [1.54, 1.807) is 0 Å². The van der Waals surface area contributed by atoms with Crippen molar-refractivity contribution in [1.29, 1.82) is 0 Å². The zero-order valence-corrected chi connectivity index (χ0v) is 15.8. The van der Waals surface area contributed by atoms with Gasteiger partial charge in [-0.1, -0.05) is 26.7 Å². The van der Waals surface area contributed by atoms with E-state index in [4.69, 9.17) is 4.74 Å². The van der Waals surface area contributed by atoms with E-state index in [0.29, 0.717) is 25.0 Å². The fourth-order valence-corrected chi connectivity index (χ4v) is 4.28. The summed E-state index contributed by atoms with van der Waals surface area (Å²) in [5.74, 6) is 0.133. The molecule has 5 heteroatoms. The molecule has 0 aromatic rings. The third kappa shape index (κ3) is 5.43. The highest BCUT2D eigenvalue weighted by molar-refractivity contribution is 5.77. The van der Waals surface area contributed by atoms with E-state index >= 15 is 0 Å². The number of piperidine rings is 1. The predicted octanol–water partition coefficient (Wildman–Crippen LogP) is 2.42. The van der Waals surface area contributed by atoms with Gasteiger partial charge in [-0.2, -0.15) is 0 Å². The number of ether oxygens (including phenoxy) is 1. The Balaban J connectivity index is 1.81. The molecule has 2 saturated heterocycles. The van der Waals surface area contributed by atoms with Gasteiger partial charge >= 0.3 is 0 Å². The van der Waals surface area contributed by atoms with Gasteiger partial charge in [0.15, 0.2) is 0 Å². The molecule has 1 amide bonds. The quantitative estimate of drug-likeness (QED) is 0.773. The Hall–Kier alpha value is -0.650. The number of hydrogen-bond acceptors (Lipinski definition) is 4. The van der Waals surface area contributed by atoms with Gasteiger partial charge in [-0.15, -0.1) is 0 Å². The summed E-state index contributed by atoms with van der Waals surface area (Å²) in [5.41, 5.74) is -0.808. The Bertz CT molecular complexity index is 388. The highest BCUT2D eigenvalue weighted by atomic mass is 16.5. The third-order valence-electron chi connectivity index (χ3n) is 5.52. The van der Waals surface area contributed by atoms with Crippen LogP contribution in [0.25, 0.3) is 0 Å². The van der Waals surface area contributed by atoms with Crippen LogP contribution in [-0.2, 0) is 9.53 Å². The summed E-state index contributed by atoms with van der Waals surface area (Å²) in [6.45, 7) is 10.8. The van der Waals surface area contributed by atoms with Gasteiger partial charge in [0, 0.05) is 32.2 Å². The van der Waals surface area contributed by atoms with Crippen LogP contribution >= 0.6 is 0 Å². The Morgan fingerprint density at radius 1 is 1.17 bits per heavy atom. The molecule has 0 radical (unpaired) electrons. The number of amides is 1. The van der Waals surface area contributed by atoms with Crippen molar-refractivity contribution in [3.63, 3.8) is 0 Å². The van der Waals surface area contributed by atoms with E-state index in [0.717, 1.165) is 58.5 Å². The van der Waals surface area contributed by atoms with Gasteiger partial charge in [0.25, 0.3) is 0 Å². The van der Waals surface area contributed by atoms with Crippen LogP contribution in [0.5, 0.6) is 0 Å². The minimum atomic E-state index is -0.808.